The van der Waals surface area contributed by atoms with E-state index in [1.807, 2.05) is 0 Å². The Balaban J connectivity index is 2.28. The third kappa shape index (κ3) is 0.657. The number of carbonyl (C=O) groups excluding carboxylic acids is 1. The van der Waals surface area contributed by atoms with E-state index in [-0.39, 0.29) is 12.0 Å². The summed E-state index contributed by atoms with van der Waals surface area (Å²) in [4.78, 5) is 9.84. The van der Waals surface area contributed by atoms with Gasteiger partial charge in [0.2, 0.25) is 0 Å². The number of aldehydes is 1. The van der Waals surface area contributed by atoms with Gasteiger partial charge in [0.1, 0.15) is 6.29 Å². The van der Waals surface area contributed by atoms with Crippen LogP contribution in [0.1, 0.15) is 12.8 Å². The second kappa shape index (κ2) is 1.62. The van der Waals surface area contributed by atoms with E-state index in [4.69, 9.17) is 5.11 Å². The third-order valence-electron chi connectivity index (χ3n) is 1.46. The Kier molecular flexibility index (Phi) is 1.11. The molecule has 0 aromatic carbocycles. The molecule has 0 bridgehead atoms. The zero-order chi connectivity index (χ0) is 5.28. The van der Waals surface area contributed by atoms with Crippen LogP contribution in [0.3, 0.4) is 0 Å². The van der Waals surface area contributed by atoms with Gasteiger partial charge in [0.15, 0.2) is 0 Å². The molecule has 0 saturated heterocycles. The molecule has 1 aliphatic rings. The fourth-order valence-corrected chi connectivity index (χ4v) is 0.667. The molecule has 0 amide bonds. The Hall–Kier alpha value is -0.370. The van der Waals surface area contributed by atoms with E-state index in [0.717, 1.165) is 19.1 Å². The summed E-state index contributed by atoms with van der Waals surface area (Å²) in [7, 11) is 0. The highest BCUT2D eigenvalue weighted by molar-refractivity contribution is 5.55. The minimum atomic E-state index is -0.322. The lowest BCUT2D eigenvalue weighted by Gasteiger charge is -2.26. The molecule has 1 saturated carbocycles. The molecule has 40 valence electrons. The average Bonchev–Trinajstić information content (AvgIpc) is 1.65. The molecule has 2 atom stereocenters. The number of hydrogen-bond donors (Lipinski definition) is 1. The maximum Gasteiger partial charge on any atom is 0.125 e. The van der Waals surface area contributed by atoms with Crippen molar-refractivity contribution in [2.75, 3.05) is 0 Å². The fraction of sp³-hybridized carbons (Fsp3) is 0.800. The van der Waals surface area contributed by atoms with Crippen molar-refractivity contribution >= 4 is 6.29 Å². The molecule has 1 rings (SSSR count). The van der Waals surface area contributed by atoms with Crippen molar-refractivity contribution in [3.63, 3.8) is 0 Å². The minimum absolute atomic E-state index is 0.0417. The van der Waals surface area contributed by atoms with Crippen LogP contribution in [-0.4, -0.2) is 17.5 Å². The first-order valence-corrected chi connectivity index (χ1v) is 2.48. The van der Waals surface area contributed by atoms with Crippen LogP contribution in [-0.2, 0) is 4.79 Å². The number of carbonyl (C=O) groups is 1. The van der Waals surface area contributed by atoms with E-state index in [1.165, 1.54) is 0 Å². The molecule has 0 radical (unpaired) electrons. The SMILES string of the molecule is O=C[C@@H]1CC[C@H]1O. The van der Waals surface area contributed by atoms with Gasteiger partial charge in [-0.3, -0.25) is 0 Å². The molecule has 0 aliphatic heterocycles. The maximum absolute atomic E-state index is 9.84. The van der Waals surface area contributed by atoms with Gasteiger partial charge >= 0.3 is 0 Å². The molecule has 0 aromatic heterocycles. The maximum atomic E-state index is 9.84. The molecular weight excluding hydrogens is 92.1 g/mol. The fourth-order valence-electron chi connectivity index (χ4n) is 0.667. The summed E-state index contributed by atoms with van der Waals surface area (Å²) >= 11 is 0. The van der Waals surface area contributed by atoms with Crippen LogP contribution in [0.15, 0.2) is 0 Å². The monoisotopic (exact) mass is 100 g/mol. The Morgan fingerprint density at radius 2 is 2.29 bits per heavy atom. The van der Waals surface area contributed by atoms with E-state index >= 15 is 0 Å². The van der Waals surface area contributed by atoms with Crippen LogP contribution in [0.5, 0.6) is 0 Å². The quantitative estimate of drug-likeness (QED) is 0.469. The number of aliphatic hydroxyl groups excluding tert-OH is 1. The van der Waals surface area contributed by atoms with Gasteiger partial charge in [-0.05, 0) is 12.8 Å². The molecule has 0 heterocycles. The van der Waals surface area contributed by atoms with Crippen LogP contribution in [0, 0.1) is 5.92 Å². The molecule has 7 heavy (non-hydrogen) atoms. The highest BCUT2D eigenvalue weighted by Gasteiger charge is 2.27. The van der Waals surface area contributed by atoms with Gasteiger partial charge in [0, 0.05) is 5.92 Å². The van der Waals surface area contributed by atoms with Gasteiger partial charge in [-0.15, -0.1) is 0 Å². The van der Waals surface area contributed by atoms with E-state index < -0.39 is 0 Å². The minimum Gasteiger partial charge on any atom is -0.392 e. The van der Waals surface area contributed by atoms with Crippen molar-refractivity contribution in [2.24, 2.45) is 5.92 Å². The summed E-state index contributed by atoms with van der Waals surface area (Å²) < 4.78 is 0. The average molecular weight is 100 g/mol. The molecular formula is C5H8O2. The first-order chi connectivity index (χ1) is 3.34. The Bertz CT molecular complexity index is 80.1. The van der Waals surface area contributed by atoms with Crippen molar-refractivity contribution in [3.05, 3.63) is 0 Å². The van der Waals surface area contributed by atoms with Gasteiger partial charge in [-0.25, -0.2) is 0 Å². The van der Waals surface area contributed by atoms with Gasteiger partial charge in [0.25, 0.3) is 0 Å². The van der Waals surface area contributed by atoms with Crippen LogP contribution in [0.4, 0.5) is 0 Å². The lowest BCUT2D eigenvalue weighted by Crippen LogP contribution is -2.31. The van der Waals surface area contributed by atoms with Crippen LogP contribution < -0.4 is 0 Å². The summed E-state index contributed by atoms with van der Waals surface area (Å²) in [6.45, 7) is 0. The standard InChI is InChI=1S/C5H8O2/c6-3-4-1-2-5(4)7/h3-5,7H,1-2H2/t4-,5+/m0/s1. The predicted octanol–water partition coefficient (Wildman–Crippen LogP) is -0.0438. The smallest absolute Gasteiger partial charge is 0.125 e. The topological polar surface area (TPSA) is 37.3 Å². The largest absolute Gasteiger partial charge is 0.392 e. The zero-order valence-corrected chi connectivity index (χ0v) is 4.00. The number of aliphatic hydroxyl groups is 1. The van der Waals surface area contributed by atoms with E-state index in [9.17, 15) is 4.79 Å². The summed E-state index contributed by atoms with van der Waals surface area (Å²) in [5.74, 6) is -0.0417. The van der Waals surface area contributed by atoms with Crippen molar-refractivity contribution < 1.29 is 9.90 Å². The van der Waals surface area contributed by atoms with Crippen molar-refractivity contribution in [3.8, 4) is 0 Å². The van der Waals surface area contributed by atoms with E-state index in [0.29, 0.717) is 0 Å². The Labute approximate surface area is 42.1 Å². The predicted molar refractivity (Wildman–Crippen MR) is 24.8 cm³/mol. The Morgan fingerprint density at radius 3 is 2.29 bits per heavy atom. The molecule has 2 heteroatoms. The first-order valence-electron chi connectivity index (χ1n) is 2.48. The number of rotatable bonds is 1. The molecule has 1 N–H and O–H groups in total. The van der Waals surface area contributed by atoms with Gasteiger partial charge in [-0.2, -0.15) is 0 Å². The lowest BCUT2D eigenvalue weighted by molar-refractivity contribution is -0.119. The van der Waals surface area contributed by atoms with Crippen molar-refractivity contribution in [2.45, 2.75) is 18.9 Å². The van der Waals surface area contributed by atoms with Gasteiger partial charge in [0.05, 0.1) is 6.10 Å². The Morgan fingerprint density at radius 1 is 1.57 bits per heavy atom. The molecule has 0 unspecified atom stereocenters. The third-order valence-corrected chi connectivity index (χ3v) is 1.46. The second-order valence-corrected chi connectivity index (χ2v) is 1.94. The molecule has 1 fully saturated rings. The highest BCUT2D eigenvalue weighted by atomic mass is 16.3. The second-order valence-electron chi connectivity index (χ2n) is 1.94. The van der Waals surface area contributed by atoms with Crippen LogP contribution in [0.25, 0.3) is 0 Å². The zero-order valence-electron chi connectivity index (χ0n) is 4.00. The van der Waals surface area contributed by atoms with Gasteiger partial charge < -0.3 is 9.90 Å². The summed E-state index contributed by atoms with van der Waals surface area (Å²) in [6.07, 6.45) is 2.19. The van der Waals surface area contributed by atoms with Crippen LogP contribution in [0.2, 0.25) is 0 Å². The first kappa shape index (κ1) is 4.78. The van der Waals surface area contributed by atoms with Crippen molar-refractivity contribution in [1.82, 2.24) is 0 Å². The lowest BCUT2D eigenvalue weighted by atomic mass is 9.83. The summed E-state index contributed by atoms with van der Waals surface area (Å²) in [5.41, 5.74) is 0. The molecule has 0 aromatic rings. The molecule has 0 spiro atoms. The van der Waals surface area contributed by atoms with Crippen molar-refractivity contribution in [1.29, 1.82) is 0 Å². The van der Waals surface area contributed by atoms with Gasteiger partial charge in [-0.1, -0.05) is 0 Å². The molecule has 1 aliphatic carbocycles. The molecule has 2 nitrogen and oxygen atoms in total. The highest BCUT2D eigenvalue weighted by Crippen LogP contribution is 2.24. The summed E-state index contributed by atoms with van der Waals surface area (Å²) in [5, 5.41) is 8.68. The van der Waals surface area contributed by atoms with E-state index in [2.05, 4.69) is 0 Å². The number of hydrogen-bond acceptors (Lipinski definition) is 2. The van der Waals surface area contributed by atoms with E-state index in [1.54, 1.807) is 0 Å². The normalized spacial score (nSPS) is 39.6. The summed E-state index contributed by atoms with van der Waals surface area (Å²) in [6, 6.07) is 0. The van der Waals surface area contributed by atoms with Crippen LogP contribution >= 0.6 is 0 Å².